The van der Waals surface area contributed by atoms with Gasteiger partial charge in [0.25, 0.3) is 0 Å². The third kappa shape index (κ3) is 8.70. The Morgan fingerprint density at radius 1 is 0.562 bits per heavy atom. The summed E-state index contributed by atoms with van der Waals surface area (Å²) < 4.78 is 0. The molecule has 3 saturated carbocycles. The van der Waals surface area contributed by atoms with Gasteiger partial charge >= 0.3 is 12.1 Å². The highest BCUT2D eigenvalue weighted by molar-refractivity contribution is 5.96. The average molecular weight is 669 g/mol. The van der Waals surface area contributed by atoms with Crippen LogP contribution in [0.25, 0.3) is 0 Å². The van der Waals surface area contributed by atoms with E-state index in [1.807, 2.05) is 20.8 Å². The molecule has 6 atom stereocenters. The van der Waals surface area contributed by atoms with E-state index in [1.54, 1.807) is 18.2 Å². The number of aliphatic imine (C=N–C) groups is 3. The molecule has 12 heteroatoms. The van der Waals surface area contributed by atoms with Crippen LogP contribution in [0.2, 0.25) is 0 Å². The highest BCUT2D eigenvalue weighted by atomic mass is 16.3. The molecule has 4 rings (SSSR count). The third-order valence-corrected chi connectivity index (χ3v) is 11.1. The molecular formula is C36H56N6O6. The molecule has 4 fully saturated rings. The van der Waals surface area contributed by atoms with E-state index in [1.165, 1.54) is 14.7 Å². The summed E-state index contributed by atoms with van der Waals surface area (Å²) in [5.41, 5.74) is -2.12. The Balaban J connectivity index is 1.73. The first-order chi connectivity index (χ1) is 22.1. The number of rotatable bonds is 9. The number of amides is 4. The minimum absolute atomic E-state index is 0.0965. The summed E-state index contributed by atoms with van der Waals surface area (Å²) in [5.74, 6) is 0. The van der Waals surface area contributed by atoms with Gasteiger partial charge in [-0.05, 0) is 90.3 Å². The molecule has 4 amide bonds. The maximum Gasteiger partial charge on any atom is 0.331 e. The normalized spacial score (nSPS) is 37.6. The van der Waals surface area contributed by atoms with Crippen LogP contribution in [0.15, 0.2) is 15.0 Å². The van der Waals surface area contributed by atoms with Crippen molar-refractivity contribution in [2.24, 2.45) is 47.5 Å². The van der Waals surface area contributed by atoms with Gasteiger partial charge in [-0.25, -0.2) is 43.8 Å². The summed E-state index contributed by atoms with van der Waals surface area (Å²) in [6.07, 6.45) is 9.47. The zero-order valence-electron chi connectivity index (χ0n) is 30.5. The molecule has 266 valence electrons. The van der Waals surface area contributed by atoms with Crippen molar-refractivity contribution in [3.63, 3.8) is 0 Å². The van der Waals surface area contributed by atoms with Crippen molar-refractivity contribution in [3.8, 4) is 0 Å². The first kappa shape index (κ1) is 37.7. The van der Waals surface area contributed by atoms with E-state index in [4.69, 9.17) is 0 Å². The fraction of sp³-hybridized carbons (Fsp3) is 0.861. The highest BCUT2D eigenvalue weighted by Crippen LogP contribution is 2.51. The lowest BCUT2D eigenvalue weighted by Crippen LogP contribution is -2.70. The fourth-order valence-electron chi connectivity index (χ4n) is 11.0. The van der Waals surface area contributed by atoms with E-state index in [2.05, 4.69) is 56.5 Å². The van der Waals surface area contributed by atoms with Crippen LogP contribution in [0.5, 0.6) is 0 Å². The van der Waals surface area contributed by atoms with Crippen molar-refractivity contribution in [2.45, 2.75) is 145 Å². The molecule has 12 nitrogen and oxygen atoms in total. The Bertz CT molecular complexity index is 1330. The predicted molar refractivity (Wildman–Crippen MR) is 180 cm³/mol. The van der Waals surface area contributed by atoms with Crippen LogP contribution < -0.4 is 0 Å². The van der Waals surface area contributed by atoms with E-state index in [0.29, 0.717) is 44.9 Å². The van der Waals surface area contributed by atoms with Gasteiger partial charge in [0.1, 0.15) is 0 Å². The molecule has 0 spiro atoms. The topological polar surface area (TPSA) is 152 Å². The highest BCUT2D eigenvalue weighted by Gasteiger charge is 2.53. The molecule has 1 aliphatic heterocycles. The number of isocyanates is 3. The zero-order chi connectivity index (χ0) is 35.9. The Kier molecular flexibility index (Phi) is 10.4. The summed E-state index contributed by atoms with van der Waals surface area (Å²) in [7, 11) is 0. The third-order valence-electron chi connectivity index (χ3n) is 11.1. The quantitative estimate of drug-likeness (QED) is 0.229. The van der Waals surface area contributed by atoms with Crippen LogP contribution in [0.4, 0.5) is 9.59 Å². The maximum absolute atomic E-state index is 14.5. The zero-order valence-corrected chi connectivity index (χ0v) is 30.5. The summed E-state index contributed by atoms with van der Waals surface area (Å²) in [5, 5.41) is 12.0. The molecule has 1 saturated heterocycles. The molecular weight excluding hydrogens is 612 g/mol. The number of carbonyl (C=O) groups is 2. The lowest BCUT2D eigenvalue weighted by atomic mass is 9.62. The second-order valence-corrected chi connectivity index (χ2v) is 19.1. The monoisotopic (exact) mass is 668 g/mol. The van der Waals surface area contributed by atoms with Gasteiger partial charge in [0.05, 0.1) is 18.1 Å². The lowest BCUT2D eigenvalue weighted by molar-refractivity contribution is -0.127. The van der Waals surface area contributed by atoms with Gasteiger partial charge in [-0.3, -0.25) is 9.80 Å². The van der Waals surface area contributed by atoms with Crippen LogP contribution in [-0.2, 0) is 14.4 Å². The van der Waals surface area contributed by atoms with E-state index >= 15 is 0 Å². The van der Waals surface area contributed by atoms with Crippen molar-refractivity contribution >= 4 is 30.3 Å². The van der Waals surface area contributed by atoms with Crippen LogP contribution >= 0.6 is 0 Å². The molecule has 4 aliphatic rings. The summed E-state index contributed by atoms with van der Waals surface area (Å²) in [6.45, 7) is 19.2. The number of hydrogen-bond acceptors (Lipinski definition) is 9. The van der Waals surface area contributed by atoms with Gasteiger partial charge in [-0.15, -0.1) is 0 Å². The molecule has 0 aromatic carbocycles. The van der Waals surface area contributed by atoms with Crippen LogP contribution in [0.3, 0.4) is 0 Å². The van der Waals surface area contributed by atoms with Crippen molar-refractivity contribution in [3.05, 3.63) is 0 Å². The molecule has 0 bridgehead atoms. The van der Waals surface area contributed by atoms with Gasteiger partial charge in [0.15, 0.2) is 0 Å². The van der Waals surface area contributed by atoms with Gasteiger partial charge in [0, 0.05) is 19.6 Å². The van der Waals surface area contributed by atoms with Gasteiger partial charge in [0.2, 0.25) is 24.6 Å². The molecule has 0 aromatic rings. The molecule has 0 aromatic heterocycles. The fourth-order valence-corrected chi connectivity index (χ4v) is 11.0. The largest absolute Gasteiger partial charge is 0.356 e. The minimum Gasteiger partial charge on any atom is -0.356 e. The summed E-state index contributed by atoms with van der Waals surface area (Å²) >= 11 is 0. The Hall–Kier alpha value is -3.16. The van der Waals surface area contributed by atoms with Crippen molar-refractivity contribution in [1.82, 2.24) is 14.7 Å². The standard InChI is InChI=1S/C36H56N6O6/c1-31(2)10-25(37-22-43)13-34(7,16-31)19-40-28(46)41(20-35(8)14-26(38-23-44)11-32(3,4)17-35)30(48)42(29(40)47)21-36(9)15-27(39-24-45)12-33(5,6)18-36/h25-28,46H,10-21H2,1-9H3. The predicted octanol–water partition coefficient (Wildman–Crippen LogP) is 6.18. The molecule has 3 aliphatic carbocycles. The van der Waals surface area contributed by atoms with Crippen LogP contribution in [0, 0.1) is 32.5 Å². The Labute approximate surface area is 285 Å². The number of hydrogen-bond donors (Lipinski definition) is 1. The summed E-state index contributed by atoms with van der Waals surface area (Å²) in [4.78, 5) is 79.1. The van der Waals surface area contributed by atoms with E-state index in [-0.39, 0.29) is 54.0 Å². The van der Waals surface area contributed by atoms with Crippen LogP contribution in [0.1, 0.15) is 120 Å². The number of aliphatic hydroxyl groups excluding tert-OH is 1. The lowest BCUT2D eigenvalue weighted by Gasteiger charge is -2.54. The smallest absolute Gasteiger partial charge is 0.331 e. The minimum atomic E-state index is -1.52. The molecule has 48 heavy (non-hydrogen) atoms. The number of nitrogens with zero attached hydrogens (tertiary/aromatic N) is 6. The number of carbonyl (C=O) groups excluding carboxylic acids is 5. The van der Waals surface area contributed by atoms with Crippen molar-refractivity contribution in [2.75, 3.05) is 19.6 Å². The van der Waals surface area contributed by atoms with Gasteiger partial charge < -0.3 is 5.11 Å². The Morgan fingerprint density at radius 3 is 1.15 bits per heavy atom. The molecule has 1 heterocycles. The first-order valence-corrected chi connectivity index (χ1v) is 17.3. The van der Waals surface area contributed by atoms with Gasteiger partial charge in [-0.2, -0.15) is 0 Å². The summed E-state index contributed by atoms with van der Waals surface area (Å²) in [6, 6.07) is -1.94. The number of aliphatic hydroxyl groups is 1. The van der Waals surface area contributed by atoms with E-state index in [0.717, 1.165) is 12.8 Å². The number of urea groups is 2. The first-order valence-electron chi connectivity index (χ1n) is 17.3. The second-order valence-electron chi connectivity index (χ2n) is 19.1. The van der Waals surface area contributed by atoms with Crippen LogP contribution in [-0.4, -0.2) is 94.2 Å². The molecule has 0 radical (unpaired) electrons. The average Bonchev–Trinajstić information content (AvgIpc) is 2.89. The van der Waals surface area contributed by atoms with Crippen molar-refractivity contribution in [1.29, 1.82) is 0 Å². The van der Waals surface area contributed by atoms with E-state index in [9.17, 15) is 29.1 Å². The number of imide groups is 1. The van der Waals surface area contributed by atoms with Crippen molar-refractivity contribution < 1.29 is 29.1 Å². The molecule has 6 unspecified atom stereocenters. The SMILES string of the molecule is CC1(C)CC(N=C=O)CC(C)(CN2C(=O)N(CC3(C)CC(N=C=O)CC(C)(C)C3)C(O)N(CC3(C)CC(N=C=O)CC(C)(C)C3)C2=O)C1. The van der Waals surface area contributed by atoms with E-state index < -0.39 is 34.7 Å². The van der Waals surface area contributed by atoms with Gasteiger partial charge in [-0.1, -0.05) is 62.3 Å². The molecule has 1 N–H and O–H groups in total. The second kappa shape index (κ2) is 13.3. The maximum atomic E-state index is 14.5. The Morgan fingerprint density at radius 2 is 0.854 bits per heavy atom.